The Kier molecular flexibility index (Phi) is 5.41. The number of hydrogen-bond acceptors (Lipinski definition) is 4. The van der Waals surface area contributed by atoms with Crippen molar-refractivity contribution in [3.63, 3.8) is 0 Å². The average Bonchev–Trinajstić information content (AvgIpc) is 2.28. The molecule has 0 aromatic rings. The number of esters is 1. The second-order valence-electron chi connectivity index (χ2n) is 4.68. The SMILES string of the molecule is COC(=O)CC(CC(=O)O)C1CCCCN1C. The van der Waals surface area contributed by atoms with Crippen molar-refractivity contribution in [3.05, 3.63) is 0 Å². The second-order valence-corrected chi connectivity index (χ2v) is 4.68. The third-order valence-corrected chi connectivity index (χ3v) is 3.46. The minimum Gasteiger partial charge on any atom is -0.481 e. The molecule has 2 atom stereocenters. The molecule has 0 spiro atoms. The minimum atomic E-state index is -0.849. The lowest BCUT2D eigenvalue weighted by Crippen LogP contribution is -2.43. The molecule has 98 valence electrons. The maximum absolute atomic E-state index is 11.3. The zero-order valence-corrected chi connectivity index (χ0v) is 10.5. The highest BCUT2D eigenvalue weighted by Crippen LogP contribution is 2.26. The molecule has 0 aliphatic carbocycles. The van der Waals surface area contributed by atoms with Gasteiger partial charge in [-0.1, -0.05) is 6.42 Å². The van der Waals surface area contributed by atoms with Crippen molar-refractivity contribution in [2.45, 2.75) is 38.1 Å². The molecule has 1 rings (SSSR count). The number of carbonyl (C=O) groups excluding carboxylic acids is 1. The number of carboxylic acids is 1. The van der Waals surface area contributed by atoms with Gasteiger partial charge in [0.05, 0.1) is 20.0 Å². The summed E-state index contributed by atoms with van der Waals surface area (Å²) >= 11 is 0. The molecule has 5 nitrogen and oxygen atoms in total. The molecule has 1 saturated heterocycles. The molecule has 0 bridgehead atoms. The molecule has 5 heteroatoms. The molecule has 1 heterocycles. The van der Waals surface area contributed by atoms with E-state index in [1.54, 1.807) is 0 Å². The summed E-state index contributed by atoms with van der Waals surface area (Å²) in [6, 6.07) is 0.180. The van der Waals surface area contributed by atoms with Crippen LogP contribution in [0.25, 0.3) is 0 Å². The van der Waals surface area contributed by atoms with E-state index in [1.807, 2.05) is 7.05 Å². The number of carbonyl (C=O) groups is 2. The Labute approximate surface area is 102 Å². The second kappa shape index (κ2) is 6.59. The summed E-state index contributed by atoms with van der Waals surface area (Å²) in [6.45, 7) is 0.974. The first-order valence-corrected chi connectivity index (χ1v) is 6.03. The Bertz CT molecular complexity index is 280. The van der Waals surface area contributed by atoms with E-state index in [0.29, 0.717) is 0 Å². The summed E-state index contributed by atoms with van der Waals surface area (Å²) in [4.78, 5) is 24.3. The van der Waals surface area contributed by atoms with Crippen LogP contribution in [0.3, 0.4) is 0 Å². The zero-order valence-electron chi connectivity index (χ0n) is 10.5. The molecule has 0 saturated carbocycles. The van der Waals surface area contributed by atoms with Gasteiger partial charge in [-0.25, -0.2) is 0 Å². The van der Waals surface area contributed by atoms with Gasteiger partial charge >= 0.3 is 11.9 Å². The van der Waals surface area contributed by atoms with Crippen LogP contribution < -0.4 is 0 Å². The lowest BCUT2D eigenvalue weighted by Gasteiger charge is -2.37. The van der Waals surface area contributed by atoms with Crippen LogP contribution in [0.5, 0.6) is 0 Å². The fraction of sp³-hybridized carbons (Fsp3) is 0.833. The van der Waals surface area contributed by atoms with E-state index in [-0.39, 0.29) is 30.8 Å². The number of piperidine rings is 1. The molecule has 0 aromatic carbocycles. The molecule has 1 aliphatic rings. The van der Waals surface area contributed by atoms with Gasteiger partial charge in [0.2, 0.25) is 0 Å². The van der Waals surface area contributed by atoms with Crippen LogP contribution in [0.2, 0.25) is 0 Å². The van der Waals surface area contributed by atoms with E-state index in [9.17, 15) is 9.59 Å². The normalized spacial score (nSPS) is 23.1. The molecule has 17 heavy (non-hydrogen) atoms. The zero-order chi connectivity index (χ0) is 12.8. The lowest BCUT2D eigenvalue weighted by molar-refractivity contribution is -0.144. The van der Waals surface area contributed by atoms with Crippen molar-refractivity contribution < 1.29 is 19.4 Å². The fourth-order valence-corrected chi connectivity index (χ4v) is 2.56. The largest absolute Gasteiger partial charge is 0.481 e. The molecular formula is C12H21NO4. The van der Waals surface area contributed by atoms with Gasteiger partial charge in [0, 0.05) is 6.04 Å². The van der Waals surface area contributed by atoms with Crippen LogP contribution in [-0.4, -0.2) is 48.7 Å². The van der Waals surface area contributed by atoms with Crippen LogP contribution >= 0.6 is 0 Å². The number of aliphatic carboxylic acids is 1. The van der Waals surface area contributed by atoms with Gasteiger partial charge in [-0.15, -0.1) is 0 Å². The third-order valence-electron chi connectivity index (χ3n) is 3.46. The Hall–Kier alpha value is -1.10. The van der Waals surface area contributed by atoms with Gasteiger partial charge in [-0.05, 0) is 32.4 Å². The number of ether oxygens (including phenoxy) is 1. The van der Waals surface area contributed by atoms with E-state index in [4.69, 9.17) is 5.11 Å². The highest BCUT2D eigenvalue weighted by atomic mass is 16.5. The summed E-state index contributed by atoms with van der Waals surface area (Å²) in [6.07, 6.45) is 3.44. The van der Waals surface area contributed by atoms with Gasteiger partial charge in [0.25, 0.3) is 0 Å². The maximum atomic E-state index is 11.3. The van der Waals surface area contributed by atoms with Gasteiger partial charge in [-0.3, -0.25) is 9.59 Å². The Morgan fingerprint density at radius 3 is 2.65 bits per heavy atom. The van der Waals surface area contributed by atoms with Crippen molar-refractivity contribution in [3.8, 4) is 0 Å². The van der Waals surface area contributed by atoms with Crippen LogP contribution in [-0.2, 0) is 14.3 Å². The summed E-state index contributed by atoms with van der Waals surface area (Å²) in [5.41, 5.74) is 0. The van der Waals surface area contributed by atoms with Crippen LogP contribution in [0.1, 0.15) is 32.1 Å². The molecule has 1 fully saturated rings. The average molecular weight is 243 g/mol. The molecule has 1 N–H and O–H groups in total. The van der Waals surface area contributed by atoms with Crippen molar-refractivity contribution in [1.82, 2.24) is 4.90 Å². The first kappa shape index (κ1) is 14.0. The minimum absolute atomic E-state index is 0.0319. The highest BCUT2D eigenvalue weighted by Gasteiger charge is 2.31. The van der Waals surface area contributed by atoms with Gasteiger partial charge in [0.1, 0.15) is 0 Å². The van der Waals surface area contributed by atoms with Crippen LogP contribution in [0.15, 0.2) is 0 Å². The summed E-state index contributed by atoms with van der Waals surface area (Å²) < 4.78 is 4.64. The monoisotopic (exact) mass is 243 g/mol. The van der Waals surface area contributed by atoms with E-state index >= 15 is 0 Å². The van der Waals surface area contributed by atoms with Crippen molar-refractivity contribution in [1.29, 1.82) is 0 Å². The molecule has 0 radical (unpaired) electrons. The first-order valence-electron chi connectivity index (χ1n) is 6.03. The number of nitrogens with zero attached hydrogens (tertiary/aromatic N) is 1. The number of rotatable bonds is 5. The lowest BCUT2D eigenvalue weighted by atomic mass is 9.86. The van der Waals surface area contributed by atoms with E-state index in [1.165, 1.54) is 7.11 Å². The molecular weight excluding hydrogens is 222 g/mol. The predicted octanol–water partition coefficient (Wildman–Crippen LogP) is 1.12. The van der Waals surface area contributed by atoms with E-state index in [2.05, 4.69) is 9.64 Å². The Morgan fingerprint density at radius 2 is 2.12 bits per heavy atom. The maximum Gasteiger partial charge on any atom is 0.305 e. The topological polar surface area (TPSA) is 66.8 Å². The Balaban J connectivity index is 2.66. The number of methoxy groups -OCH3 is 1. The summed E-state index contributed by atoms with van der Waals surface area (Å²) in [7, 11) is 3.33. The quantitative estimate of drug-likeness (QED) is 0.733. The molecule has 0 amide bonds. The van der Waals surface area contributed by atoms with Crippen LogP contribution in [0, 0.1) is 5.92 Å². The van der Waals surface area contributed by atoms with Crippen molar-refractivity contribution >= 4 is 11.9 Å². The summed E-state index contributed by atoms with van der Waals surface area (Å²) in [5, 5.41) is 8.92. The van der Waals surface area contributed by atoms with Crippen LogP contribution in [0.4, 0.5) is 0 Å². The number of likely N-dealkylation sites (tertiary alicyclic amines) is 1. The molecule has 0 aromatic heterocycles. The third kappa shape index (κ3) is 4.34. The van der Waals surface area contributed by atoms with Crippen molar-refractivity contribution in [2.75, 3.05) is 20.7 Å². The van der Waals surface area contributed by atoms with E-state index in [0.717, 1.165) is 25.8 Å². The predicted molar refractivity (Wildman–Crippen MR) is 62.6 cm³/mol. The smallest absolute Gasteiger partial charge is 0.305 e. The Morgan fingerprint density at radius 1 is 1.41 bits per heavy atom. The summed E-state index contributed by atoms with van der Waals surface area (Å²) in [5.74, 6) is -1.32. The van der Waals surface area contributed by atoms with E-state index < -0.39 is 5.97 Å². The van der Waals surface area contributed by atoms with Gasteiger partial charge in [-0.2, -0.15) is 0 Å². The standard InChI is InChI=1S/C12H21NO4/c1-13-6-4-3-5-10(13)9(7-11(14)15)8-12(16)17-2/h9-10H,3-8H2,1-2H3,(H,14,15). The number of carboxylic acid groups (broad SMARTS) is 1. The highest BCUT2D eigenvalue weighted by molar-refractivity contribution is 5.72. The molecule has 1 aliphatic heterocycles. The molecule has 2 unspecified atom stereocenters. The van der Waals surface area contributed by atoms with Gasteiger partial charge in [0.15, 0.2) is 0 Å². The first-order chi connectivity index (χ1) is 8.04. The number of hydrogen-bond donors (Lipinski definition) is 1. The fourth-order valence-electron chi connectivity index (χ4n) is 2.56. The van der Waals surface area contributed by atoms with Crippen molar-refractivity contribution in [2.24, 2.45) is 5.92 Å². The van der Waals surface area contributed by atoms with Gasteiger partial charge < -0.3 is 14.7 Å².